The van der Waals surface area contributed by atoms with Crippen LogP contribution in [0.3, 0.4) is 0 Å². The number of halogens is 1. The number of carbonyl (C=O) groups excluding carboxylic acids is 1. The first kappa shape index (κ1) is 13.0. The third kappa shape index (κ3) is 3.18. The SMILES string of the molecule is CC1(C)CC(C(=O)CCCCl)C(C)(C)O1. The summed E-state index contributed by atoms with van der Waals surface area (Å²) in [5.41, 5.74) is -0.502. The molecule has 15 heavy (non-hydrogen) atoms. The van der Waals surface area contributed by atoms with Crippen molar-refractivity contribution in [1.29, 1.82) is 0 Å². The van der Waals surface area contributed by atoms with E-state index >= 15 is 0 Å². The number of alkyl halides is 1. The van der Waals surface area contributed by atoms with Crippen LogP contribution in [0.15, 0.2) is 0 Å². The van der Waals surface area contributed by atoms with E-state index in [4.69, 9.17) is 16.3 Å². The highest BCUT2D eigenvalue weighted by Gasteiger charge is 2.48. The molecule has 1 saturated heterocycles. The Hall–Kier alpha value is -0.0800. The fourth-order valence-electron chi connectivity index (χ4n) is 2.48. The number of hydrogen-bond donors (Lipinski definition) is 0. The number of rotatable bonds is 4. The van der Waals surface area contributed by atoms with Gasteiger partial charge in [0, 0.05) is 18.2 Å². The van der Waals surface area contributed by atoms with Gasteiger partial charge in [-0.15, -0.1) is 11.6 Å². The van der Waals surface area contributed by atoms with Crippen LogP contribution in [-0.2, 0) is 9.53 Å². The molecule has 0 radical (unpaired) electrons. The molecule has 88 valence electrons. The largest absolute Gasteiger partial charge is 0.369 e. The Bertz CT molecular complexity index is 246. The Morgan fingerprint density at radius 2 is 2.00 bits per heavy atom. The highest BCUT2D eigenvalue weighted by molar-refractivity contribution is 6.17. The lowest BCUT2D eigenvalue weighted by atomic mass is 9.83. The summed E-state index contributed by atoms with van der Waals surface area (Å²) in [5, 5.41) is 0. The van der Waals surface area contributed by atoms with Crippen molar-refractivity contribution in [3.8, 4) is 0 Å². The average Bonchev–Trinajstić information content (AvgIpc) is 2.30. The molecule has 1 fully saturated rings. The van der Waals surface area contributed by atoms with E-state index in [0.717, 1.165) is 12.8 Å². The number of hydrogen-bond acceptors (Lipinski definition) is 2. The second-order valence-electron chi connectivity index (χ2n) is 5.48. The summed E-state index contributed by atoms with van der Waals surface area (Å²) in [7, 11) is 0. The standard InChI is InChI=1S/C12H21ClO2/c1-11(2)8-9(12(3,4)15-11)10(14)6-5-7-13/h9H,5-8H2,1-4H3. The zero-order valence-electron chi connectivity index (χ0n) is 10.1. The molecule has 0 bridgehead atoms. The van der Waals surface area contributed by atoms with Gasteiger partial charge in [0.25, 0.3) is 0 Å². The third-order valence-corrected chi connectivity index (χ3v) is 3.29. The minimum atomic E-state index is -0.326. The molecule has 0 aromatic carbocycles. The highest BCUT2D eigenvalue weighted by Crippen LogP contribution is 2.42. The van der Waals surface area contributed by atoms with E-state index in [1.807, 2.05) is 27.7 Å². The van der Waals surface area contributed by atoms with Gasteiger partial charge < -0.3 is 4.74 Å². The zero-order valence-corrected chi connectivity index (χ0v) is 10.9. The van der Waals surface area contributed by atoms with E-state index in [2.05, 4.69) is 0 Å². The third-order valence-electron chi connectivity index (χ3n) is 3.02. The van der Waals surface area contributed by atoms with Gasteiger partial charge in [0.2, 0.25) is 0 Å². The first-order valence-corrected chi connectivity index (χ1v) is 6.11. The van der Waals surface area contributed by atoms with Crippen LogP contribution in [0.2, 0.25) is 0 Å². The monoisotopic (exact) mass is 232 g/mol. The second kappa shape index (κ2) is 4.42. The summed E-state index contributed by atoms with van der Waals surface area (Å²) in [6, 6.07) is 0. The van der Waals surface area contributed by atoms with Crippen LogP contribution >= 0.6 is 11.6 Å². The number of carbonyl (C=O) groups is 1. The Labute approximate surface area is 97.3 Å². The van der Waals surface area contributed by atoms with Crippen molar-refractivity contribution in [2.24, 2.45) is 5.92 Å². The van der Waals surface area contributed by atoms with Crippen LogP contribution in [0.4, 0.5) is 0 Å². The molecule has 0 N–H and O–H groups in total. The van der Waals surface area contributed by atoms with Gasteiger partial charge in [-0.25, -0.2) is 0 Å². The molecular weight excluding hydrogens is 212 g/mol. The fraction of sp³-hybridized carbons (Fsp3) is 0.917. The lowest BCUT2D eigenvalue weighted by molar-refractivity contribution is -0.129. The van der Waals surface area contributed by atoms with Crippen molar-refractivity contribution < 1.29 is 9.53 Å². The maximum Gasteiger partial charge on any atom is 0.138 e. The Balaban J connectivity index is 2.65. The van der Waals surface area contributed by atoms with Gasteiger partial charge in [0.05, 0.1) is 11.2 Å². The molecule has 0 aromatic heterocycles. The summed E-state index contributed by atoms with van der Waals surface area (Å²) in [6.45, 7) is 8.10. The second-order valence-corrected chi connectivity index (χ2v) is 5.86. The van der Waals surface area contributed by atoms with Crippen molar-refractivity contribution in [3.05, 3.63) is 0 Å². The molecule has 1 aliphatic heterocycles. The molecule has 1 unspecified atom stereocenters. The molecule has 0 aromatic rings. The van der Waals surface area contributed by atoms with Gasteiger partial charge in [-0.3, -0.25) is 4.79 Å². The van der Waals surface area contributed by atoms with Gasteiger partial charge in [0.1, 0.15) is 5.78 Å². The van der Waals surface area contributed by atoms with Gasteiger partial charge in [-0.2, -0.15) is 0 Å². The molecule has 0 spiro atoms. The molecular formula is C12H21ClO2. The van der Waals surface area contributed by atoms with Gasteiger partial charge in [0.15, 0.2) is 0 Å². The molecule has 1 rings (SSSR count). The summed E-state index contributed by atoms with van der Waals surface area (Å²) in [4.78, 5) is 12.0. The molecule has 1 aliphatic rings. The first-order chi connectivity index (χ1) is 6.78. The zero-order chi connectivity index (χ0) is 11.7. The average molecular weight is 233 g/mol. The molecule has 0 aliphatic carbocycles. The normalized spacial score (nSPS) is 27.9. The van der Waals surface area contributed by atoms with Crippen molar-refractivity contribution >= 4 is 17.4 Å². The number of ketones is 1. The molecule has 1 atom stereocenters. The highest BCUT2D eigenvalue weighted by atomic mass is 35.5. The van der Waals surface area contributed by atoms with Crippen LogP contribution < -0.4 is 0 Å². The van der Waals surface area contributed by atoms with E-state index in [1.54, 1.807) is 0 Å². The number of Topliss-reactive ketones (excluding diaryl/α,β-unsaturated/α-hetero) is 1. The van der Waals surface area contributed by atoms with E-state index < -0.39 is 0 Å². The molecule has 0 amide bonds. The van der Waals surface area contributed by atoms with Crippen LogP contribution in [0.5, 0.6) is 0 Å². The lowest BCUT2D eigenvalue weighted by Crippen LogP contribution is -2.33. The smallest absolute Gasteiger partial charge is 0.138 e. The van der Waals surface area contributed by atoms with Crippen LogP contribution in [0.1, 0.15) is 47.0 Å². The van der Waals surface area contributed by atoms with E-state index in [1.165, 1.54) is 0 Å². The minimum absolute atomic E-state index is 0.0238. The van der Waals surface area contributed by atoms with Crippen LogP contribution in [-0.4, -0.2) is 22.9 Å². The first-order valence-electron chi connectivity index (χ1n) is 5.57. The summed E-state index contributed by atoms with van der Waals surface area (Å²) >= 11 is 5.60. The fourth-order valence-corrected chi connectivity index (χ4v) is 2.61. The van der Waals surface area contributed by atoms with Crippen molar-refractivity contribution in [2.75, 3.05) is 5.88 Å². The van der Waals surface area contributed by atoms with Crippen molar-refractivity contribution in [2.45, 2.75) is 58.2 Å². The Kier molecular flexibility index (Phi) is 3.83. The maximum atomic E-state index is 12.0. The predicted molar refractivity (Wildman–Crippen MR) is 62.3 cm³/mol. The number of ether oxygens (including phenoxy) is 1. The van der Waals surface area contributed by atoms with Crippen molar-refractivity contribution in [3.63, 3.8) is 0 Å². The van der Waals surface area contributed by atoms with Crippen molar-refractivity contribution in [1.82, 2.24) is 0 Å². The maximum absolute atomic E-state index is 12.0. The van der Waals surface area contributed by atoms with Gasteiger partial charge >= 0.3 is 0 Å². The Morgan fingerprint density at radius 1 is 1.40 bits per heavy atom. The van der Waals surface area contributed by atoms with Crippen LogP contribution in [0, 0.1) is 5.92 Å². The summed E-state index contributed by atoms with van der Waals surface area (Å²) in [5.74, 6) is 0.880. The lowest BCUT2D eigenvalue weighted by Gasteiger charge is -2.26. The predicted octanol–water partition coefficient (Wildman–Crippen LogP) is 3.17. The molecule has 3 heteroatoms. The Morgan fingerprint density at radius 3 is 2.40 bits per heavy atom. The molecule has 0 saturated carbocycles. The van der Waals surface area contributed by atoms with Gasteiger partial charge in [-0.05, 0) is 40.5 Å². The van der Waals surface area contributed by atoms with E-state index in [9.17, 15) is 4.79 Å². The molecule has 2 nitrogen and oxygen atoms in total. The van der Waals surface area contributed by atoms with Crippen LogP contribution in [0.25, 0.3) is 0 Å². The molecule has 1 heterocycles. The summed E-state index contributed by atoms with van der Waals surface area (Å²) < 4.78 is 5.90. The minimum Gasteiger partial charge on any atom is -0.369 e. The van der Waals surface area contributed by atoms with Gasteiger partial charge in [-0.1, -0.05) is 0 Å². The quantitative estimate of drug-likeness (QED) is 0.696. The van der Waals surface area contributed by atoms with E-state index in [0.29, 0.717) is 18.1 Å². The van der Waals surface area contributed by atoms with E-state index in [-0.39, 0.29) is 17.1 Å². The summed E-state index contributed by atoms with van der Waals surface area (Å²) in [6.07, 6.45) is 2.17. The topological polar surface area (TPSA) is 26.3 Å².